The molecule has 30 heavy (non-hydrogen) atoms. The van der Waals surface area contributed by atoms with Crippen LogP contribution in [0.3, 0.4) is 0 Å². The van der Waals surface area contributed by atoms with E-state index in [1.165, 1.54) is 31.5 Å². The summed E-state index contributed by atoms with van der Waals surface area (Å²) in [6.07, 6.45) is 0.718. The number of Topliss-reactive ketones (excluding diaryl/α,β-unsaturated/α-hetero) is 1. The van der Waals surface area contributed by atoms with Crippen LogP contribution in [-0.2, 0) is 9.53 Å². The van der Waals surface area contributed by atoms with E-state index in [9.17, 15) is 19.1 Å². The van der Waals surface area contributed by atoms with E-state index in [-0.39, 0.29) is 35.3 Å². The summed E-state index contributed by atoms with van der Waals surface area (Å²) in [5.74, 6) is -2.40. The summed E-state index contributed by atoms with van der Waals surface area (Å²) >= 11 is 0. The first kappa shape index (κ1) is 23.3. The van der Waals surface area contributed by atoms with Crippen LogP contribution in [0.15, 0.2) is 24.4 Å². The first-order chi connectivity index (χ1) is 14.1. The van der Waals surface area contributed by atoms with Crippen molar-refractivity contribution >= 4 is 11.8 Å². The van der Waals surface area contributed by atoms with Crippen molar-refractivity contribution in [2.45, 2.75) is 53.1 Å². The van der Waals surface area contributed by atoms with Crippen LogP contribution in [-0.4, -0.2) is 35.1 Å². The zero-order valence-electron chi connectivity index (χ0n) is 18.2. The summed E-state index contributed by atoms with van der Waals surface area (Å²) in [6, 6.07) is 4.36. The fraction of sp³-hybridized carbons (Fsp3) is 0.435. The Morgan fingerprint density at radius 3 is 2.33 bits per heavy atom. The number of carbonyl (C=O) groups is 2. The Hall–Kier alpha value is -2.96. The highest BCUT2D eigenvalue weighted by atomic mass is 19.1. The molecule has 2 aromatic rings. The standard InChI is InChI=1S/C23H28FNO5/c1-12-9-17(24)10-13(2)20(12)15(4)16(5)30-23(28)14(3)11-18(26)21-22(27)19(29-6)7-8-25-21/h7-10,14-16,27H,11H2,1-6H3/t14-,15-,16+/m1/s1. The third-order valence-corrected chi connectivity index (χ3v) is 5.29. The average Bonchev–Trinajstić information content (AvgIpc) is 2.66. The zero-order valence-corrected chi connectivity index (χ0v) is 18.2. The van der Waals surface area contributed by atoms with E-state index >= 15 is 0 Å². The van der Waals surface area contributed by atoms with Crippen molar-refractivity contribution in [3.8, 4) is 11.5 Å². The van der Waals surface area contributed by atoms with Gasteiger partial charge < -0.3 is 14.6 Å². The van der Waals surface area contributed by atoms with Crippen LogP contribution in [0, 0.1) is 25.6 Å². The Morgan fingerprint density at radius 2 is 1.77 bits per heavy atom. The van der Waals surface area contributed by atoms with Crippen LogP contribution >= 0.6 is 0 Å². The second kappa shape index (κ2) is 9.69. The lowest BCUT2D eigenvalue weighted by atomic mass is 9.88. The van der Waals surface area contributed by atoms with Crippen LogP contribution in [0.2, 0.25) is 0 Å². The van der Waals surface area contributed by atoms with Crippen molar-refractivity contribution in [2.75, 3.05) is 7.11 Å². The second-order valence-electron chi connectivity index (χ2n) is 7.62. The van der Waals surface area contributed by atoms with E-state index in [2.05, 4.69) is 4.98 Å². The van der Waals surface area contributed by atoms with Gasteiger partial charge in [-0.1, -0.05) is 13.8 Å². The average molecular weight is 417 g/mol. The molecule has 3 atom stereocenters. The number of benzene rings is 1. The van der Waals surface area contributed by atoms with Gasteiger partial charge in [0, 0.05) is 24.6 Å². The maximum atomic E-state index is 13.6. The van der Waals surface area contributed by atoms with Gasteiger partial charge in [-0.25, -0.2) is 9.37 Å². The fourth-order valence-corrected chi connectivity index (χ4v) is 3.54. The van der Waals surface area contributed by atoms with Crippen LogP contribution in [0.1, 0.15) is 60.3 Å². The van der Waals surface area contributed by atoms with Gasteiger partial charge in [0.15, 0.2) is 23.0 Å². The van der Waals surface area contributed by atoms with E-state index in [0.717, 1.165) is 16.7 Å². The molecule has 0 unspecified atom stereocenters. The number of carbonyl (C=O) groups excluding carboxylic acids is 2. The van der Waals surface area contributed by atoms with Gasteiger partial charge in [0.1, 0.15) is 11.9 Å². The number of ether oxygens (including phenoxy) is 2. The Labute approximate surface area is 176 Å². The molecule has 7 heteroatoms. The van der Waals surface area contributed by atoms with E-state index < -0.39 is 23.8 Å². The first-order valence-corrected chi connectivity index (χ1v) is 9.79. The second-order valence-corrected chi connectivity index (χ2v) is 7.62. The Kier molecular flexibility index (Phi) is 7.54. The maximum Gasteiger partial charge on any atom is 0.309 e. The molecule has 162 valence electrons. The number of hydrogen-bond acceptors (Lipinski definition) is 6. The third kappa shape index (κ3) is 5.14. The maximum absolute atomic E-state index is 13.6. The Bertz CT molecular complexity index is 920. The number of rotatable bonds is 8. The summed E-state index contributed by atoms with van der Waals surface area (Å²) in [5.41, 5.74) is 2.38. The minimum atomic E-state index is -0.727. The lowest BCUT2D eigenvalue weighted by molar-refractivity contribution is -0.153. The zero-order chi connectivity index (χ0) is 22.6. The van der Waals surface area contributed by atoms with Gasteiger partial charge >= 0.3 is 5.97 Å². The molecule has 2 rings (SSSR count). The van der Waals surface area contributed by atoms with Crippen molar-refractivity contribution in [3.05, 3.63) is 52.6 Å². The summed E-state index contributed by atoms with van der Waals surface area (Å²) in [5, 5.41) is 10.1. The van der Waals surface area contributed by atoms with Crippen LogP contribution in [0.4, 0.5) is 4.39 Å². The lowest BCUT2D eigenvalue weighted by Gasteiger charge is -2.25. The van der Waals surface area contributed by atoms with Crippen molar-refractivity contribution in [3.63, 3.8) is 0 Å². The fourth-order valence-electron chi connectivity index (χ4n) is 3.54. The molecular formula is C23H28FNO5. The summed E-state index contributed by atoms with van der Waals surface area (Å²) in [4.78, 5) is 28.9. The molecule has 0 aliphatic rings. The highest BCUT2D eigenvalue weighted by Gasteiger charge is 2.27. The monoisotopic (exact) mass is 417 g/mol. The van der Waals surface area contributed by atoms with Gasteiger partial charge in [-0.3, -0.25) is 9.59 Å². The smallest absolute Gasteiger partial charge is 0.309 e. The molecule has 0 bridgehead atoms. The van der Waals surface area contributed by atoms with Crippen molar-refractivity contribution in [1.29, 1.82) is 0 Å². The predicted molar refractivity (Wildman–Crippen MR) is 110 cm³/mol. The molecule has 0 fully saturated rings. The van der Waals surface area contributed by atoms with Gasteiger partial charge in [0.05, 0.1) is 13.0 Å². The third-order valence-electron chi connectivity index (χ3n) is 5.29. The summed E-state index contributed by atoms with van der Waals surface area (Å²) < 4.78 is 24.1. The number of pyridine rings is 1. The molecule has 0 spiro atoms. The lowest BCUT2D eigenvalue weighted by Crippen LogP contribution is -2.27. The molecule has 1 aromatic heterocycles. The van der Waals surface area contributed by atoms with Crippen LogP contribution in [0.5, 0.6) is 11.5 Å². The molecule has 6 nitrogen and oxygen atoms in total. The highest BCUT2D eigenvalue weighted by Crippen LogP contribution is 2.31. The van der Waals surface area contributed by atoms with Gasteiger partial charge in [-0.15, -0.1) is 0 Å². The number of aryl methyl sites for hydroxylation is 2. The molecule has 0 aliphatic carbocycles. The number of nitrogens with zero attached hydrogens (tertiary/aromatic N) is 1. The number of ketones is 1. The number of hydrogen-bond donors (Lipinski definition) is 1. The number of methoxy groups -OCH3 is 1. The minimum absolute atomic E-state index is 0.135. The van der Waals surface area contributed by atoms with E-state index in [1.807, 2.05) is 20.8 Å². The normalized spacial score (nSPS) is 14.0. The van der Waals surface area contributed by atoms with Crippen LogP contribution < -0.4 is 4.74 Å². The van der Waals surface area contributed by atoms with E-state index in [0.29, 0.717) is 0 Å². The number of aromatic hydroxyl groups is 1. The van der Waals surface area contributed by atoms with Crippen molar-refractivity contribution in [1.82, 2.24) is 4.98 Å². The highest BCUT2D eigenvalue weighted by molar-refractivity contribution is 5.99. The number of esters is 1. The van der Waals surface area contributed by atoms with E-state index in [4.69, 9.17) is 9.47 Å². The summed E-state index contributed by atoms with van der Waals surface area (Å²) in [7, 11) is 1.37. The van der Waals surface area contributed by atoms with Crippen molar-refractivity contribution < 1.29 is 28.6 Å². The molecule has 0 radical (unpaired) electrons. The molecule has 0 saturated carbocycles. The van der Waals surface area contributed by atoms with Gasteiger partial charge in [-0.2, -0.15) is 0 Å². The summed E-state index contributed by atoms with van der Waals surface area (Å²) in [6.45, 7) is 8.92. The minimum Gasteiger partial charge on any atom is -0.503 e. The Balaban J connectivity index is 2.06. The number of aromatic nitrogens is 1. The molecular weight excluding hydrogens is 389 g/mol. The van der Waals surface area contributed by atoms with Gasteiger partial charge in [0.2, 0.25) is 0 Å². The molecule has 0 saturated heterocycles. The quantitative estimate of drug-likeness (QED) is 0.503. The molecule has 1 N–H and O–H groups in total. The molecule has 0 aliphatic heterocycles. The van der Waals surface area contributed by atoms with Crippen LogP contribution in [0.25, 0.3) is 0 Å². The Morgan fingerprint density at radius 1 is 1.17 bits per heavy atom. The molecule has 0 amide bonds. The topological polar surface area (TPSA) is 85.7 Å². The van der Waals surface area contributed by atoms with Gasteiger partial charge in [-0.05, 0) is 49.6 Å². The predicted octanol–water partition coefficient (Wildman–Crippen LogP) is 4.50. The largest absolute Gasteiger partial charge is 0.503 e. The first-order valence-electron chi connectivity index (χ1n) is 9.79. The molecule has 1 aromatic carbocycles. The SMILES string of the molecule is COc1ccnc(C(=O)C[C@@H](C)C(=O)O[C@@H](C)[C@@H](C)c2c(C)cc(F)cc2C)c1O. The van der Waals surface area contributed by atoms with Gasteiger partial charge in [0.25, 0.3) is 0 Å². The van der Waals surface area contributed by atoms with Crippen molar-refractivity contribution in [2.24, 2.45) is 5.92 Å². The van der Waals surface area contributed by atoms with E-state index in [1.54, 1.807) is 13.8 Å². The molecule has 1 heterocycles. The number of halogens is 1.